The van der Waals surface area contributed by atoms with Gasteiger partial charge in [0.15, 0.2) is 0 Å². The Morgan fingerprint density at radius 3 is 0.875 bits per heavy atom. The van der Waals surface area contributed by atoms with Gasteiger partial charge in [0.05, 0.1) is 26.2 Å². The Balaban J connectivity index is -0.000000250. The summed E-state index contributed by atoms with van der Waals surface area (Å²) in [4.78, 5) is 0. The minimum absolute atomic E-state index is 0. The summed E-state index contributed by atoms with van der Waals surface area (Å²) in [5.74, 6) is 0. The maximum atomic E-state index is 8.49. The minimum atomic E-state index is -4.94. The zero-order chi connectivity index (χ0) is 17.5. The van der Waals surface area contributed by atoms with Crippen molar-refractivity contribution in [3.05, 3.63) is 0 Å². The summed E-state index contributed by atoms with van der Waals surface area (Å²) in [5, 5.41) is 0. The lowest BCUT2D eigenvalue weighted by molar-refractivity contribution is -2.00. The predicted octanol–water partition coefficient (Wildman–Crippen LogP) is 0.447. The maximum Gasteiger partial charge on any atom is 0.0786 e. The van der Waals surface area contributed by atoms with Gasteiger partial charge in [-0.15, -0.1) is 10.2 Å². The van der Waals surface area contributed by atoms with Crippen molar-refractivity contribution in [2.45, 2.75) is 79.1 Å². The van der Waals surface area contributed by atoms with Gasteiger partial charge in [0.1, 0.15) is 0 Å². The third kappa shape index (κ3) is 24.3. The highest BCUT2D eigenvalue weighted by molar-refractivity contribution is 4.49. The predicted molar refractivity (Wildman–Crippen MR) is 87.3 cm³/mol. The van der Waals surface area contributed by atoms with E-state index in [-0.39, 0.29) is 11.6 Å². The topological polar surface area (TPSA) is 159 Å². The molecule has 7 nitrogen and oxygen atoms in total. The zero-order valence-corrected chi connectivity index (χ0v) is 17.1. The molecule has 0 aromatic rings. The van der Waals surface area contributed by atoms with Gasteiger partial charge in [-0.3, -0.25) is 0 Å². The van der Waals surface area contributed by atoms with E-state index in [2.05, 4.69) is 27.7 Å². The summed E-state index contributed by atoms with van der Waals surface area (Å²) < 4.78 is 35.4. The fourth-order valence-corrected chi connectivity index (χ4v) is 2.64. The molecule has 0 unspecified atom stereocenters. The van der Waals surface area contributed by atoms with Crippen molar-refractivity contribution >= 4 is 0 Å². The third-order valence-corrected chi connectivity index (χ3v) is 3.94. The standard InChI is InChI=1S/C16H36N.ClHO4.H3N.H2O/c1-5-9-13-17(14-10-6-2,15-11-7-3)16-12-8-4;2-1(3,4)5;;/h5-16H2,1-4H3;(H,2,3,4,5);1H3;1H2/q+1;;;/p-1. The molecule has 0 fully saturated rings. The normalized spacial score (nSPS) is 11.0. The van der Waals surface area contributed by atoms with E-state index in [1.807, 2.05) is 0 Å². The Morgan fingerprint density at radius 2 is 0.750 bits per heavy atom. The smallest absolute Gasteiger partial charge is 0.0786 e. The van der Waals surface area contributed by atoms with Crippen LogP contribution in [0.1, 0.15) is 79.1 Å². The van der Waals surface area contributed by atoms with Gasteiger partial charge in [-0.25, -0.2) is 18.6 Å². The fourth-order valence-electron chi connectivity index (χ4n) is 2.64. The lowest BCUT2D eigenvalue weighted by Crippen LogP contribution is -2.68. The second-order valence-corrected chi connectivity index (χ2v) is 6.78. The highest BCUT2D eigenvalue weighted by Crippen LogP contribution is 2.16. The van der Waals surface area contributed by atoms with Crippen molar-refractivity contribution in [3.63, 3.8) is 0 Å². The van der Waals surface area contributed by atoms with Crippen LogP contribution in [-0.4, -0.2) is 36.1 Å². The van der Waals surface area contributed by atoms with E-state index in [0.29, 0.717) is 0 Å². The molecule has 0 aliphatic rings. The van der Waals surface area contributed by atoms with Crippen molar-refractivity contribution < 1.29 is 38.8 Å². The second kappa shape index (κ2) is 19.3. The van der Waals surface area contributed by atoms with Crippen LogP contribution in [0.5, 0.6) is 0 Å². The molecule has 0 amide bonds. The zero-order valence-electron chi connectivity index (χ0n) is 16.4. The molecule has 0 aromatic heterocycles. The van der Waals surface area contributed by atoms with Crippen molar-refractivity contribution in [1.29, 1.82) is 0 Å². The van der Waals surface area contributed by atoms with Gasteiger partial charge in [0.25, 0.3) is 0 Å². The van der Waals surface area contributed by atoms with Gasteiger partial charge in [-0.1, -0.05) is 53.4 Å². The molecule has 0 rings (SSSR count). The molecular formula is C16H41ClN2O5. The Hall–Kier alpha value is 0.01000. The average Bonchev–Trinajstić information content (AvgIpc) is 2.44. The lowest BCUT2D eigenvalue weighted by atomic mass is 10.1. The van der Waals surface area contributed by atoms with Gasteiger partial charge in [-0.05, 0) is 25.7 Å². The van der Waals surface area contributed by atoms with Crippen molar-refractivity contribution in [1.82, 2.24) is 6.15 Å². The molecule has 0 radical (unpaired) electrons. The number of hydrogen-bond donors (Lipinski definition) is 1. The summed E-state index contributed by atoms with van der Waals surface area (Å²) >= 11 is 0. The Labute approximate surface area is 150 Å². The number of hydrogen-bond acceptors (Lipinski definition) is 5. The van der Waals surface area contributed by atoms with Crippen LogP contribution in [-0.2, 0) is 0 Å². The van der Waals surface area contributed by atoms with E-state index in [9.17, 15) is 0 Å². The third-order valence-electron chi connectivity index (χ3n) is 3.94. The van der Waals surface area contributed by atoms with Crippen LogP contribution >= 0.6 is 0 Å². The number of unbranched alkanes of at least 4 members (excludes halogenated alkanes) is 4. The largest absolute Gasteiger partial charge is 0.870 e. The van der Waals surface area contributed by atoms with Gasteiger partial charge < -0.3 is 16.1 Å². The van der Waals surface area contributed by atoms with Crippen LogP contribution in [0.4, 0.5) is 0 Å². The second-order valence-electron chi connectivity index (χ2n) is 6.03. The average molecular weight is 377 g/mol. The van der Waals surface area contributed by atoms with Crippen LogP contribution in [0.2, 0.25) is 0 Å². The summed E-state index contributed by atoms with van der Waals surface area (Å²) in [6, 6.07) is 0. The quantitative estimate of drug-likeness (QED) is 0.488. The lowest BCUT2D eigenvalue weighted by Gasteiger charge is -2.39. The van der Waals surface area contributed by atoms with Crippen LogP contribution in [0.25, 0.3) is 0 Å². The molecular weight excluding hydrogens is 336 g/mol. The maximum absolute atomic E-state index is 8.49. The molecule has 0 aliphatic heterocycles. The molecule has 0 heterocycles. The van der Waals surface area contributed by atoms with Crippen molar-refractivity contribution in [3.8, 4) is 0 Å². The summed E-state index contributed by atoms with van der Waals surface area (Å²) in [7, 11) is -4.94. The molecule has 0 aliphatic carbocycles. The molecule has 8 heteroatoms. The molecule has 0 spiro atoms. The molecule has 0 bridgehead atoms. The summed E-state index contributed by atoms with van der Waals surface area (Å²) in [6.07, 6.45) is 11.1. The molecule has 0 aromatic carbocycles. The van der Waals surface area contributed by atoms with E-state index in [1.54, 1.807) is 0 Å². The first-order valence-electron chi connectivity index (χ1n) is 8.71. The highest BCUT2D eigenvalue weighted by atomic mass is 35.7. The number of quaternary nitrogens is 2. The first kappa shape index (κ1) is 31.7. The number of halogens is 1. The molecule has 0 atom stereocenters. The summed E-state index contributed by atoms with van der Waals surface area (Å²) in [5.41, 5.74) is 0. The van der Waals surface area contributed by atoms with Gasteiger partial charge in [-0.2, -0.15) is 0 Å². The van der Waals surface area contributed by atoms with Crippen LogP contribution in [0.15, 0.2) is 0 Å². The SMILES string of the molecule is CCCC[N+](CCCC)(CCCC)CCCC.[NH4+].[O-][Cl+3]([O-])([O-])[O-].[OH-]. The number of rotatable bonds is 12. The van der Waals surface area contributed by atoms with Crippen LogP contribution in [0, 0.1) is 10.2 Å². The first-order valence-corrected chi connectivity index (χ1v) is 9.94. The van der Waals surface area contributed by atoms with Gasteiger partial charge in [0.2, 0.25) is 0 Å². The minimum Gasteiger partial charge on any atom is -0.870 e. The first-order chi connectivity index (χ1) is 10.2. The summed E-state index contributed by atoms with van der Waals surface area (Å²) in [6.45, 7) is 15.0. The monoisotopic (exact) mass is 376 g/mol. The van der Waals surface area contributed by atoms with E-state index in [1.165, 1.54) is 82.0 Å². The van der Waals surface area contributed by atoms with Gasteiger partial charge in [0, 0.05) is 0 Å². The molecule has 152 valence electrons. The molecule has 0 saturated heterocycles. The van der Waals surface area contributed by atoms with E-state index < -0.39 is 10.2 Å². The van der Waals surface area contributed by atoms with Crippen molar-refractivity contribution in [2.24, 2.45) is 0 Å². The number of nitrogens with zero attached hydrogens (tertiary/aromatic N) is 1. The fraction of sp³-hybridized carbons (Fsp3) is 1.00. The Morgan fingerprint density at radius 1 is 0.583 bits per heavy atom. The van der Waals surface area contributed by atoms with Gasteiger partial charge >= 0.3 is 0 Å². The highest BCUT2D eigenvalue weighted by Gasteiger charge is 2.24. The Bertz CT molecular complexity index is 197. The van der Waals surface area contributed by atoms with E-state index in [0.717, 1.165) is 0 Å². The Kier molecular flexibility index (Phi) is 25.6. The van der Waals surface area contributed by atoms with E-state index in [4.69, 9.17) is 18.6 Å². The van der Waals surface area contributed by atoms with Crippen LogP contribution in [0.3, 0.4) is 0 Å². The molecule has 0 saturated carbocycles. The molecule has 5 N–H and O–H groups in total. The van der Waals surface area contributed by atoms with Crippen molar-refractivity contribution in [2.75, 3.05) is 26.2 Å². The van der Waals surface area contributed by atoms with E-state index >= 15 is 0 Å². The molecule has 24 heavy (non-hydrogen) atoms. The van der Waals surface area contributed by atoms with Crippen LogP contribution < -0.4 is 24.8 Å².